The molecular weight excluding hydrogens is 740 g/mol. The monoisotopic (exact) mass is 788 g/mol. The maximum Gasteiger partial charge on any atom is 0.335 e. The van der Waals surface area contributed by atoms with Crippen molar-refractivity contribution in [2.75, 3.05) is 30.8 Å². The Morgan fingerprint density at radius 2 is 1.42 bits per heavy atom. The maximum absolute atomic E-state index is 13.9. The zero-order valence-electron chi connectivity index (χ0n) is 31.4. The SMILES string of the molecule is CC(C)N(CCN(C)C(=O)CCC(=O)O)Cc1cccc(C(=O)Nc2sc3c(c2C(=O)Nc2ccc(CCc4ccc(C(=O)O)cc4)cc2)CCCC3)c1.Cl. The number of halogens is 1. The number of aromatic carboxylic acids is 1. The molecule has 4 aromatic rings. The molecule has 0 spiro atoms. The van der Waals surface area contributed by atoms with Crippen molar-refractivity contribution in [3.63, 3.8) is 0 Å². The second-order valence-corrected chi connectivity index (χ2v) is 15.1. The topological polar surface area (TPSA) is 156 Å². The van der Waals surface area contributed by atoms with Gasteiger partial charge in [0.2, 0.25) is 5.91 Å². The van der Waals surface area contributed by atoms with Gasteiger partial charge in [-0.25, -0.2) is 4.79 Å². The number of carboxylic acids is 2. The summed E-state index contributed by atoms with van der Waals surface area (Å²) in [7, 11) is 1.68. The molecule has 0 unspecified atom stereocenters. The molecule has 0 fully saturated rings. The second-order valence-electron chi connectivity index (χ2n) is 14.0. The molecule has 1 aromatic heterocycles. The van der Waals surface area contributed by atoms with Crippen LogP contribution in [0.25, 0.3) is 0 Å². The van der Waals surface area contributed by atoms with Gasteiger partial charge in [0.25, 0.3) is 11.8 Å². The number of hydrogen-bond donors (Lipinski definition) is 4. The lowest BCUT2D eigenvalue weighted by Gasteiger charge is -2.29. The highest BCUT2D eigenvalue weighted by Crippen LogP contribution is 2.39. The van der Waals surface area contributed by atoms with E-state index in [-0.39, 0.29) is 54.6 Å². The van der Waals surface area contributed by atoms with Gasteiger partial charge in [-0.15, -0.1) is 23.7 Å². The van der Waals surface area contributed by atoms with Crippen LogP contribution in [-0.2, 0) is 41.8 Å². The molecule has 11 nitrogen and oxygen atoms in total. The summed E-state index contributed by atoms with van der Waals surface area (Å²) in [5.74, 6) is -2.72. The summed E-state index contributed by atoms with van der Waals surface area (Å²) in [6.45, 7) is 5.71. The fraction of sp³-hybridized carbons (Fsp3) is 0.357. The predicted molar refractivity (Wildman–Crippen MR) is 218 cm³/mol. The zero-order valence-corrected chi connectivity index (χ0v) is 33.1. The number of benzene rings is 3. The van der Waals surface area contributed by atoms with Gasteiger partial charge in [-0.1, -0.05) is 36.4 Å². The third kappa shape index (κ3) is 12.0. The Labute approximate surface area is 332 Å². The van der Waals surface area contributed by atoms with Crippen molar-refractivity contribution in [3.05, 3.63) is 117 Å². The van der Waals surface area contributed by atoms with Gasteiger partial charge in [-0.2, -0.15) is 0 Å². The van der Waals surface area contributed by atoms with Crippen LogP contribution in [0.1, 0.15) is 97.7 Å². The number of rotatable bonds is 17. The molecule has 3 amide bonds. The van der Waals surface area contributed by atoms with Crippen molar-refractivity contribution in [2.45, 2.75) is 77.8 Å². The van der Waals surface area contributed by atoms with Crippen molar-refractivity contribution >= 4 is 64.1 Å². The van der Waals surface area contributed by atoms with Crippen molar-refractivity contribution < 1.29 is 34.2 Å². The number of amides is 3. The second kappa shape index (κ2) is 20.0. The smallest absolute Gasteiger partial charge is 0.335 e. The highest BCUT2D eigenvalue weighted by Gasteiger charge is 2.27. The Bertz CT molecular complexity index is 1980. The van der Waals surface area contributed by atoms with Crippen LogP contribution >= 0.6 is 23.7 Å². The average Bonchev–Trinajstić information content (AvgIpc) is 3.53. The molecule has 0 radical (unpaired) electrons. The van der Waals surface area contributed by atoms with Crippen LogP contribution in [0.5, 0.6) is 0 Å². The Morgan fingerprint density at radius 3 is 2.05 bits per heavy atom. The largest absolute Gasteiger partial charge is 0.481 e. The van der Waals surface area contributed by atoms with Gasteiger partial charge in [-0.3, -0.25) is 24.1 Å². The van der Waals surface area contributed by atoms with Crippen LogP contribution < -0.4 is 10.6 Å². The molecule has 0 bridgehead atoms. The first kappa shape index (κ1) is 42.7. The molecule has 5 rings (SSSR count). The lowest BCUT2D eigenvalue weighted by Crippen LogP contribution is -2.39. The number of thiophene rings is 1. The molecule has 4 N–H and O–H groups in total. The number of carbonyl (C=O) groups is 5. The summed E-state index contributed by atoms with van der Waals surface area (Å²) in [6, 6.07) is 22.1. The molecule has 1 heterocycles. The Kier molecular flexibility index (Phi) is 15.6. The van der Waals surface area contributed by atoms with Crippen LogP contribution in [0.15, 0.2) is 72.8 Å². The van der Waals surface area contributed by atoms with E-state index in [9.17, 15) is 24.0 Å². The summed E-state index contributed by atoms with van der Waals surface area (Å²) in [5.41, 5.74) is 5.97. The van der Waals surface area contributed by atoms with Crippen molar-refractivity contribution in [2.24, 2.45) is 0 Å². The summed E-state index contributed by atoms with van der Waals surface area (Å²) >= 11 is 1.47. The number of aliphatic carboxylic acids is 1. The standard InChI is InChI=1S/C42H48N4O7S.ClH/c1-27(2)46(24-23-45(3)36(47)21-22-37(48)49)26-30-7-6-8-32(25-30)39(50)44-41-38(34-9-4-5-10-35(34)54-41)40(51)43-33-19-15-29(16-20-33)12-11-28-13-17-31(18-14-28)42(52)53;/h6-8,13-20,25,27H,4-5,9-12,21-24,26H2,1-3H3,(H,43,51)(H,44,50)(H,48,49)(H,52,53);1H. The number of nitrogens with zero attached hydrogens (tertiary/aromatic N) is 2. The van der Waals surface area contributed by atoms with E-state index >= 15 is 0 Å². The molecule has 0 saturated carbocycles. The number of likely N-dealkylation sites (N-methyl/N-ethyl adjacent to an activating group) is 1. The lowest BCUT2D eigenvalue weighted by atomic mass is 9.95. The van der Waals surface area contributed by atoms with E-state index in [2.05, 4.69) is 29.4 Å². The number of aryl methyl sites for hydroxylation is 3. The van der Waals surface area contributed by atoms with Crippen LogP contribution in [-0.4, -0.2) is 75.9 Å². The number of hydrogen-bond acceptors (Lipinski definition) is 7. The van der Waals surface area contributed by atoms with E-state index in [1.54, 1.807) is 30.1 Å². The Balaban J connectivity index is 0.00000673. The molecule has 55 heavy (non-hydrogen) atoms. The Hall–Kier alpha value is -5.04. The van der Waals surface area contributed by atoms with Gasteiger partial charge < -0.3 is 25.7 Å². The third-order valence-electron chi connectivity index (χ3n) is 9.75. The fourth-order valence-electron chi connectivity index (χ4n) is 6.49. The number of nitrogens with one attached hydrogen (secondary N) is 2. The summed E-state index contributed by atoms with van der Waals surface area (Å²) in [5, 5.41) is 24.7. The van der Waals surface area contributed by atoms with Crippen molar-refractivity contribution in [3.8, 4) is 0 Å². The molecule has 1 aliphatic carbocycles. The molecule has 3 aromatic carbocycles. The molecule has 0 atom stereocenters. The van der Waals surface area contributed by atoms with Crippen molar-refractivity contribution in [1.29, 1.82) is 0 Å². The van der Waals surface area contributed by atoms with E-state index < -0.39 is 11.9 Å². The van der Waals surface area contributed by atoms with Gasteiger partial charge in [0.15, 0.2) is 0 Å². The first-order valence-corrected chi connectivity index (χ1v) is 19.2. The highest BCUT2D eigenvalue weighted by molar-refractivity contribution is 7.17. The Morgan fingerprint density at radius 1 is 0.764 bits per heavy atom. The van der Waals surface area contributed by atoms with Gasteiger partial charge in [0.05, 0.1) is 17.5 Å². The van der Waals surface area contributed by atoms with Crippen LogP contribution in [0, 0.1) is 0 Å². The van der Waals surface area contributed by atoms with E-state index in [1.165, 1.54) is 11.3 Å². The summed E-state index contributed by atoms with van der Waals surface area (Å²) in [4.78, 5) is 66.8. The molecule has 1 aliphatic rings. The van der Waals surface area contributed by atoms with Crippen LogP contribution in [0.4, 0.5) is 10.7 Å². The predicted octanol–water partition coefficient (Wildman–Crippen LogP) is 7.57. The third-order valence-corrected chi connectivity index (χ3v) is 11.0. The minimum Gasteiger partial charge on any atom is -0.481 e. The van der Waals surface area contributed by atoms with Gasteiger partial charge in [0, 0.05) is 55.3 Å². The number of carboxylic acid groups (broad SMARTS) is 2. The quantitative estimate of drug-likeness (QED) is 0.0854. The van der Waals surface area contributed by atoms with Crippen LogP contribution in [0.2, 0.25) is 0 Å². The minimum atomic E-state index is -0.998. The first-order valence-electron chi connectivity index (χ1n) is 18.3. The van der Waals surface area contributed by atoms with E-state index in [0.29, 0.717) is 41.4 Å². The normalized spacial score (nSPS) is 12.1. The minimum absolute atomic E-state index is 0. The molecule has 13 heteroatoms. The molecular formula is C42H49ClN4O7S. The summed E-state index contributed by atoms with van der Waals surface area (Å²) in [6.07, 6.45) is 4.94. The molecule has 292 valence electrons. The van der Waals surface area contributed by atoms with Gasteiger partial charge >= 0.3 is 11.9 Å². The van der Waals surface area contributed by atoms with E-state index in [0.717, 1.165) is 65.7 Å². The zero-order chi connectivity index (χ0) is 38.8. The van der Waals surface area contributed by atoms with E-state index in [1.807, 2.05) is 54.6 Å². The maximum atomic E-state index is 13.9. The number of carbonyl (C=O) groups excluding carboxylic acids is 3. The molecule has 0 saturated heterocycles. The average molecular weight is 789 g/mol. The van der Waals surface area contributed by atoms with Crippen molar-refractivity contribution in [1.82, 2.24) is 9.80 Å². The highest BCUT2D eigenvalue weighted by atomic mass is 35.5. The fourth-order valence-corrected chi connectivity index (χ4v) is 7.78. The summed E-state index contributed by atoms with van der Waals surface area (Å²) < 4.78 is 0. The first-order chi connectivity index (χ1) is 25.9. The van der Waals surface area contributed by atoms with Gasteiger partial charge in [-0.05, 0) is 111 Å². The molecule has 0 aliphatic heterocycles. The van der Waals surface area contributed by atoms with Gasteiger partial charge in [0.1, 0.15) is 5.00 Å². The van der Waals surface area contributed by atoms with E-state index in [4.69, 9.17) is 10.2 Å². The number of anilines is 2. The number of fused-ring (bicyclic) bond motifs is 1. The lowest BCUT2D eigenvalue weighted by molar-refractivity contribution is -0.140. The van der Waals surface area contributed by atoms with Crippen LogP contribution in [0.3, 0.4) is 0 Å².